The minimum absolute atomic E-state index is 0.0602. The van der Waals surface area contributed by atoms with Crippen molar-refractivity contribution in [2.24, 2.45) is 0 Å². The highest BCUT2D eigenvalue weighted by atomic mass is 35.5. The van der Waals surface area contributed by atoms with Crippen molar-refractivity contribution in [3.63, 3.8) is 0 Å². The van der Waals surface area contributed by atoms with Gasteiger partial charge in [-0.15, -0.1) is 0 Å². The second-order valence-electron chi connectivity index (χ2n) is 7.89. The molecule has 1 aromatic carbocycles. The minimum Gasteiger partial charge on any atom is -0.444 e. The zero-order valence-electron chi connectivity index (χ0n) is 17.1. The summed E-state index contributed by atoms with van der Waals surface area (Å²) >= 11 is 6.13. The molecule has 2 heterocycles. The molecule has 0 aliphatic carbocycles. The van der Waals surface area contributed by atoms with Crippen molar-refractivity contribution in [1.29, 1.82) is 0 Å². The van der Waals surface area contributed by atoms with Crippen LogP contribution in [0.5, 0.6) is 0 Å². The summed E-state index contributed by atoms with van der Waals surface area (Å²) in [6.45, 7) is 6.38. The van der Waals surface area contributed by atoms with Gasteiger partial charge in [0.05, 0.1) is 10.6 Å². The number of sulfonamides is 1. The van der Waals surface area contributed by atoms with Crippen LogP contribution in [0.15, 0.2) is 53.6 Å². The van der Waals surface area contributed by atoms with E-state index < -0.39 is 15.6 Å². The van der Waals surface area contributed by atoms with Crippen molar-refractivity contribution < 1.29 is 17.9 Å². The Kier molecular flexibility index (Phi) is 6.38. The van der Waals surface area contributed by atoms with Crippen LogP contribution in [0.3, 0.4) is 0 Å². The number of halogens is 1. The standard InChI is InChI=1S/C21H24ClN3O4S/c1-21(2,3)29-20(26)25-11-9-15(10-12-25)16-13-18(19(22)23-14-16)24-30(27,28)17-7-5-4-6-8-17/h4-9,13-14,24H,10-12H2,1-3H3. The zero-order chi connectivity index (χ0) is 21.9. The summed E-state index contributed by atoms with van der Waals surface area (Å²) < 4.78 is 33.1. The number of hydrogen-bond acceptors (Lipinski definition) is 5. The highest BCUT2D eigenvalue weighted by Gasteiger charge is 2.24. The van der Waals surface area contributed by atoms with Crippen molar-refractivity contribution in [3.8, 4) is 0 Å². The molecule has 0 bridgehead atoms. The number of amides is 1. The number of nitrogens with zero attached hydrogens (tertiary/aromatic N) is 2. The van der Waals surface area contributed by atoms with E-state index in [-0.39, 0.29) is 21.8 Å². The number of ether oxygens (including phenoxy) is 1. The first-order chi connectivity index (χ1) is 14.0. The number of hydrogen-bond donors (Lipinski definition) is 1. The van der Waals surface area contributed by atoms with Gasteiger partial charge in [0.1, 0.15) is 5.60 Å². The van der Waals surface area contributed by atoms with Gasteiger partial charge >= 0.3 is 6.09 Å². The summed E-state index contributed by atoms with van der Waals surface area (Å²) in [5.74, 6) is 0. The van der Waals surface area contributed by atoms with Gasteiger partial charge in [-0.05, 0) is 56.5 Å². The molecule has 0 saturated carbocycles. The Morgan fingerprint density at radius 1 is 1.23 bits per heavy atom. The van der Waals surface area contributed by atoms with Crippen molar-refractivity contribution in [2.45, 2.75) is 37.7 Å². The van der Waals surface area contributed by atoms with Crippen LogP contribution in [0, 0.1) is 0 Å². The summed E-state index contributed by atoms with van der Waals surface area (Å²) in [4.78, 5) is 18.1. The Bertz CT molecular complexity index is 1060. The molecule has 7 nitrogen and oxygen atoms in total. The van der Waals surface area contributed by atoms with Crippen molar-refractivity contribution in [1.82, 2.24) is 9.88 Å². The van der Waals surface area contributed by atoms with Gasteiger partial charge in [0.2, 0.25) is 0 Å². The SMILES string of the molecule is CC(C)(C)OC(=O)N1CC=C(c2cnc(Cl)c(NS(=O)(=O)c3ccccc3)c2)CC1. The highest BCUT2D eigenvalue weighted by molar-refractivity contribution is 7.92. The molecule has 1 aromatic heterocycles. The van der Waals surface area contributed by atoms with Gasteiger partial charge in [0.15, 0.2) is 5.15 Å². The van der Waals surface area contributed by atoms with Crippen LogP contribution in [0.1, 0.15) is 32.8 Å². The summed E-state index contributed by atoms with van der Waals surface area (Å²) in [6.07, 6.45) is 3.74. The molecule has 0 saturated heterocycles. The summed E-state index contributed by atoms with van der Waals surface area (Å²) in [5.41, 5.74) is 1.35. The van der Waals surface area contributed by atoms with Crippen LogP contribution >= 0.6 is 11.6 Å². The molecule has 0 atom stereocenters. The monoisotopic (exact) mass is 449 g/mol. The van der Waals surface area contributed by atoms with Crippen molar-refractivity contribution in [2.75, 3.05) is 17.8 Å². The molecular formula is C21H24ClN3O4S. The van der Waals surface area contributed by atoms with Gasteiger partial charge in [0, 0.05) is 19.3 Å². The summed E-state index contributed by atoms with van der Waals surface area (Å²) in [7, 11) is -3.78. The van der Waals surface area contributed by atoms with Gasteiger partial charge < -0.3 is 9.64 Å². The maximum Gasteiger partial charge on any atom is 0.410 e. The number of nitrogens with one attached hydrogen (secondary N) is 1. The Morgan fingerprint density at radius 3 is 2.53 bits per heavy atom. The molecule has 0 unspecified atom stereocenters. The summed E-state index contributed by atoms with van der Waals surface area (Å²) in [6, 6.07) is 9.70. The average molecular weight is 450 g/mol. The van der Waals surface area contributed by atoms with E-state index in [1.165, 1.54) is 12.1 Å². The molecule has 9 heteroatoms. The second kappa shape index (κ2) is 8.65. The predicted molar refractivity (Wildman–Crippen MR) is 117 cm³/mol. The quantitative estimate of drug-likeness (QED) is 0.691. The topological polar surface area (TPSA) is 88.6 Å². The van der Waals surface area contributed by atoms with Crippen LogP contribution in [0.4, 0.5) is 10.5 Å². The molecule has 2 aromatic rings. The Morgan fingerprint density at radius 2 is 1.93 bits per heavy atom. The minimum atomic E-state index is -3.78. The molecule has 1 amide bonds. The van der Waals surface area contributed by atoms with E-state index in [0.717, 1.165) is 11.1 Å². The third kappa shape index (κ3) is 5.52. The van der Waals surface area contributed by atoms with Crippen molar-refractivity contribution >= 4 is 39.0 Å². The second-order valence-corrected chi connectivity index (χ2v) is 9.93. The molecule has 3 rings (SSSR count). The van der Waals surface area contributed by atoms with E-state index in [1.807, 2.05) is 26.8 Å². The van der Waals surface area contributed by atoms with E-state index in [9.17, 15) is 13.2 Å². The van der Waals surface area contributed by atoms with Gasteiger partial charge in [-0.3, -0.25) is 4.72 Å². The first-order valence-electron chi connectivity index (χ1n) is 9.46. The van der Waals surface area contributed by atoms with Gasteiger partial charge in [-0.1, -0.05) is 35.9 Å². The lowest BCUT2D eigenvalue weighted by molar-refractivity contribution is 0.0270. The van der Waals surface area contributed by atoms with E-state index in [1.54, 1.807) is 35.4 Å². The number of aromatic nitrogens is 1. The van der Waals surface area contributed by atoms with Gasteiger partial charge in [-0.25, -0.2) is 18.2 Å². The number of rotatable bonds is 4. The smallest absolute Gasteiger partial charge is 0.410 e. The molecule has 1 aliphatic rings. The first-order valence-corrected chi connectivity index (χ1v) is 11.3. The number of benzene rings is 1. The predicted octanol–water partition coefficient (Wildman–Crippen LogP) is 4.56. The summed E-state index contributed by atoms with van der Waals surface area (Å²) in [5, 5.41) is 0.0602. The molecular weight excluding hydrogens is 426 g/mol. The maximum atomic E-state index is 12.6. The third-order valence-electron chi connectivity index (χ3n) is 4.37. The zero-order valence-corrected chi connectivity index (χ0v) is 18.6. The number of pyridine rings is 1. The Balaban J connectivity index is 1.77. The van der Waals surface area contributed by atoms with E-state index in [2.05, 4.69) is 9.71 Å². The van der Waals surface area contributed by atoms with E-state index in [0.29, 0.717) is 19.5 Å². The lowest BCUT2D eigenvalue weighted by Gasteiger charge is -2.29. The number of carbonyl (C=O) groups excluding carboxylic acids is 1. The van der Waals surface area contributed by atoms with Crippen LogP contribution in [0.25, 0.3) is 5.57 Å². The molecule has 30 heavy (non-hydrogen) atoms. The van der Waals surface area contributed by atoms with E-state index >= 15 is 0 Å². The molecule has 0 radical (unpaired) electrons. The van der Waals surface area contributed by atoms with Gasteiger partial charge in [0.25, 0.3) is 10.0 Å². The lowest BCUT2D eigenvalue weighted by atomic mass is 10.0. The molecule has 0 fully saturated rings. The van der Waals surface area contributed by atoms with Crippen LogP contribution in [-0.2, 0) is 14.8 Å². The number of anilines is 1. The lowest BCUT2D eigenvalue weighted by Crippen LogP contribution is -2.39. The molecule has 160 valence electrons. The fourth-order valence-corrected chi connectivity index (χ4v) is 4.21. The van der Waals surface area contributed by atoms with E-state index in [4.69, 9.17) is 16.3 Å². The average Bonchev–Trinajstić information content (AvgIpc) is 2.69. The normalized spacial score (nSPS) is 14.8. The van der Waals surface area contributed by atoms with Crippen molar-refractivity contribution in [3.05, 3.63) is 59.4 Å². The first kappa shape index (κ1) is 22.1. The third-order valence-corrected chi connectivity index (χ3v) is 6.05. The fourth-order valence-electron chi connectivity index (χ4n) is 2.92. The molecule has 1 aliphatic heterocycles. The van der Waals surface area contributed by atoms with Crippen LogP contribution in [-0.4, -0.2) is 43.1 Å². The Labute approximate surface area is 181 Å². The van der Waals surface area contributed by atoms with Crippen LogP contribution < -0.4 is 4.72 Å². The Hall–Kier alpha value is -2.58. The molecule has 0 spiro atoms. The highest BCUT2D eigenvalue weighted by Crippen LogP contribution is 2.29. The maximum absolute atomic E-state index is 12.6. The largest absolute Gasteiger partial charge is 0.444 e. The van der Waals surface area contributed by atoms with Crippen LogP contribution in [0.2, 0.25) is 5.15 Å². The van der Waals surface area contributed by atoms with Gasteiger partial charge in [-0.2, -0.15) is 0 Å². The number of carbonyl (C=O) groups is 1. The fraction of sp³-hybridized carbons (Fsp3) is 0.333. The molecule has 1 N–H and O–H groups in total.